The molecule has 0 aromatic heterocycles. The minimum Gasteiger partial charge on any atom is -0.497 e. The molecule has 3 rings (SSSR count). The van der Waals surface area contributed by atoms with Crippen molar-refractivity contribution in [2.45, 2.75) is 0 Å². The van der Waals surface area contributed by atoms with E-state index in [0.717, 1.165) is 0 Å². The Morgan fingerprint density at radius 3 is 2.81 bits per heavy atom. The van der Waals surface area contributed by atoms with E-state index in [1.165, 1.54) is 6.08 Å². The number of ether oxygens (including phenoxy) is 3. The lowest BCUT2D eigenvalue weighted by Crippen LogP contribution is -2.10. The standard InChI is InChI=1S/C19H15NO6/c1-24-14-7-4-6-13(9-14)18-20-15(19(23)26-18)10-12-5-2-3-8-16(12)25-11-17(21)22/h2-10H,11H2,1H3,(H,21,22)/b15-10-. The van der Waals surface area contributed by atoms with Crippen molar-refractivity contribution in [3.8, 4) is 11.5 Å². The quantitative estimate of drug-likeness (QED) is 0.633. The highest BCUT2D eigenvalue weighted by Crippen LogP contribution is 2.25. The average Bonchev–Trinajstić information content (AvgIpc) is 3.01. The van der Waals surface area contributed by atoms with Gasteiger partial charge in [0.2, 0.25) is 5.90 Å². The fourth-order valence-corrected chi connectivity index (χ4v) is 2.31. The maximum absolute atomic E-state index is 12.1. The Hall–Kier alpha value is -3.61. The normalized spacial score (nSPS) is 14.7. The third-order valence-corrected chi connectivity index (χ3v) is 3.50. The molecule has 1 aliphatic heterocycles. The van der Waals surface area contributed by atoms with Gasteiger partial charge in [0.05, 0.1) is 7.11 Å². The predicted molar refractivity (Wildman–Crippen MR) is 93.2 cm³/mol. The molecule has 0 aliphatic carbocycles. The highest BCUT2D eigenvalue weighted by Gasteiger charge is 2.24. The summed E-state index contributed by atoms with van der Waals surface area (Å²) in [7, 11) is 1.54. The van der Waals surface area contributed by atoms with E-state index in [-0.39, 0.29) is 11.6 Å². The molecule has 0 radical (unpaired) electrons. The van der Waals surface area contributed by atoms with Crippen molar-refractivity contribution < 1.29 is 28.9 Å². The van der Waals surface area contributed by atoms with Gasteiger partial charge in [-0.2, -0.15) is 0 Å². The Morgan fingerprint density at radius 2 is 2.04 bits per heavy atom. The number of benzene rings is 2. The van der Waals surface area contributed by atoms with Gasteiger partial charge in [-0.25, -0.2) is 14.6 Å². The lowest BCUT2D eigenvalue weighted by Gasteiger charge is -2.06. The summed E-state index contributed by atoms with van der Waals surface area (Å²) in [6, 6.07) is 13.7. The third-order valence-electron chi connectivity index (χ3n) is 3.50. The molecule has 0 saturated heterocycles. The second-order valence-corrected chi connectivity index (χ2v) is 5.29. The highest BCUT2D eigenvalue weighted by molar-refractivity contribution is 6.13. The maximum atomic E-state index is 12.1. The van der Waals surface area contributed by atoms with Crippen molar-refractivity contribution in [1.29, 1.82) is 0 Å². The molecule has 0 unspecified atom stereocenters. The molecule has 2 aromatic carbocycles. The van der Waals surface area contributed by atoms with Crippen molar-refractivity contribution >= 4 is 23.9 Å². The number of carbonyl (C=O) groups is 2. The number of aliphatic carboxylic acids is 1. The molecular formula is C19H15NO6. The molecular weight excluding hydrogens is 338 g/mol. The minimum atomic E-state index is -1.09. The van der Waals surface area contributed by atoms with Crippen LogP contribution in [0.1, 0.15) is 11.1 Å². The lowest BCUT2D eigenvalue weighted by atomic mass is 10.1. The first kappa shape index (κ1) is 17.2. The molecule has 0 atom stereocenters. The zero-order valence-electron chi connectivity index (χ0n) is 13.8. The summed E-state index contributed by atoms with van der Waals surface area (Å²) in [5.41, 5.74) is 1.22. The Balaban J connectivity index is 1.90. The number of hydrogen-bond acceptors (Lipinski definition) is 6. The van der Waals surface area contributed by atoms with Crippen molar-refractivity contribution in [3.05, 3.63) is 65.4 Å². The number of carboxylic acid groups (broad SMARTS) is 1. The maximum Gasteiger partial charge on any atom is 0.363 e. The molecule has 7 heteroatoms. The summed E-state index contributed by atoms with van der Waals surface area (Å²) < 4.78 is 15.6. The molecule has 0 bridgehead atoms. The number of methoxy groups -OCH3 is 1. The molecule has 0 spiro atoms. The Labute approximate surface area is 149 Å². The Morgan fingerprint density at radius 1 is 1.23 bits per heavy atom. The third kappa shape index (κ3) is 3.89. The Kier molecular flexibility index (Phi) is 4.98. The van der Waals surface area contributed by atoms with Crippen LogP contribution in [0.5, 0.6) is 11.5 Å². The van der Waals surface area contributed by atoms with Gasteiger partial charge in [-0.05, 0) is 30.3 Å². The van der Waals surface area contributed by atoms with Crippen LogP contribution in [0.15, 0.2) is 59.2 Å². The SMILES string of the molecule is COc1cccc(C2=N/C(=C\c3ccccc3OCC(=O)O)C(=O)O2)c1. The number of hydrogen-bond donors (Lipinski definition) is 1. The topological polar surface area (TPSA) is 94.4 Å². The molecule has 7 nitrogen and oxygen atoms in total. The Bertz CT molecular complexity index is 916. The van der Waals surface area contributed by atoms with Gasteiger partial charge in [-0.3, -0.25) is 0 Å². The fourth-order valence-electron chi connectivity index (χ4n) is 2.31. The molecule has 0 fully saturated rings. The fraction of sp³-hybridized carbons (Fsp3) is 0.105. The predicted octanol–water partition coefficient (Wildman–Crippen LogP) is 2.50. The zero-order chi connectivity index (χ0) is 18.5. The van der Waals surface area contributed by atoms with Crippen LogP contribution >= 0.6 is 0 Å². The van der Waals surface area contributed by atoms with E-state index in [0.29, 0.717) is 22.6 Å². The smallest absolute Gasteiger partial charge is 0.363 e. The monoisotopic (exact) mass is 353 g/mol. The molecule has 0 saturated carbocycles. The summed E-state index contributed by atoms with van der Waals surface area (Å²) in [4.78, 5) is 27.0. The second-order valence-electron chi connectivity index (χ2n) is 5.29. The molecule has 1 aliphatic rings. The first-order valence-corrected chi connectivity index (χ1v) is 7.67. The van der Waals surface area contributed by atoms with Crippen LogP contribution in [0.4, 0.5) is 0 Å². The van der Waals surface area contributed by atoms with Crippen molar-refractivity contribution in [3.63, 3.8) is 0 Å². The highest BCUT2D eigenvalue weighted by atomic mass is 16.6. The van der Waals surface area contributed by atoms with E-state index in [1.807, 2.05) is 0 Å². The number of carbonyl (C=O) groups excluding carboxylic acids is 1. The number of esters is 1. The van der Waals surface area contributed by atoms with E-state index >= 15 is 0 Å². The molecule has 26 heavy (non-hydrogen) atoms. The minimum absolute atomic E-state index is 0.0918. The first-order chi connectivity index (χ1) is 12.6. The number of cyclic esters (lactones) is 1. The molecule has 2 aromatic rings. The molecule has 0 amide bonds. The van der Waals surface area contributed by atoms with Crippen molar-refractivity contribution in [2.75, 3.05) is 13.7 Å². The summed E-state index contributed by atoms with van der Waals surface area (Å²) in [6.07, 6.45) is 1.49. The summed E-state index contributed by atoms with van der Waals surface area (Å²) >= 11 is 0. The van der Waals surface area contributed by atoms with E-state index in [9.17, 15) is 9.59 Å². The molecule has 1 N–H and O–H groups in total. The average molecular weight is 353 g/mol. The number of nitrogens with zero attached hydrogens (tertiary/aromatic N) is 1. The van der Waals surface area contributed by atoms with Gasteiger partial charge in [0, 0.05) is 11.1 Å². The summed E-state index contributed by atoms with van der Waals surface area (Å²) in [5.74, 6) is -0.572. The van der Waals surface area contributed by atoms with E-state index in [1.54, 1.807) is 55.6 Å². The van der Waals surface area contributed by atoms with Crippen LogP contribution in [0, 0.1) is 0 Å². The van der Waals surface area contributed by atoms with Gasteiger partial charge < -0.3 is 19.3 Å². The van der Waals surface area contributed by atoms with Gasteiger partial charge in [0.1, 0.15) is 11.5 Å². The van der Waals surface area contributed by atoms with Gasteiger partial charge in [-0.15, -0.1) is 0 Å². The number of para-hydroxylation sites is 1. The van der Waals surface area contributed by atoms with Gasteiger partial charge in [-0.1, -0.05) is 24.3 Å². The molecule has 132 valence electrons. The largest absolute Gasteiger partial charge is 0.497 e. The van der Waals surface area contributed by atoms with Gasteiger partial charge in [0.25, 0.3) is 0 Å². The van der Waals surface area contributed by atoms with E-state index in [4.69, 9.17) is 19.3 Å². The van der Waals surface area contributed by atoms with Crippen molar-refractivity contribution in [1.82, 2.24) is 0 Å². The summed E-state index contributed by atoms with van der Waals surface area (Å²) in [6.45, 7) is -0.483. The van der Waals surface area contributed by atoms with Crippen LogP contribution in [0.3, 0.4) is 0 Å². The second kappa shape index (κ2) is 7.52. The lowest BCUT2D eigenvalue weighted by molar-refractivity contribution is -0.139. The van der Waals surface area contributed by atoms with E-state index in [2.05, 4.69) is 4.99 Å². The summed E-state index contributed by atoms with van der Waals surface area (Å²) in [5, 5.41) is 8.75. The van der Waals surface area contributed by atoms with Crippen LogP contribution in [0.2, 0.25) is 0 Å². The number of rotatable bonds is 6. The first-order valence-electron chi connectivity index (χ1n) is 7.67. The van der Waals surface area contributed by atoms with Crippen LogP contribution in [0.25, 0.3) is 6.08 Å². The van der Waals surface area contributed by atoms with E-state index < -0.39 is 18.5 Å². The van der Waals surface area contributed by atoms with Crippen molar-refractivity contribution in [2.24, 2.45) is 4.99 Å². The number of aliphatic imine (C=N–C) groups is 1. The van der Waals surface area contributed by atoms with Gasteiger partial charge >= 0.3 is 11.9 Å². The van der Waals surface area contributed by atoms with Crippen LogP contribution in [-0.4, -0.2) is 36.7 Å². The van der Waals surface area contributed by atoms with Gasteiger partial charge in [0.15, 0.2) is 12.3 Å². The van der Waals surface area contributed by atoms with Crippen LogP contribution in [-0.2, 0) is 14.3 Å². The van der Waals surface area contributed by atoms with Crippen LogP contribution < -0.4 is 9.47 Å². The zero-order valence-corrected chi connectivity index (χ0v) is 13.8. The number of carboxylic acids is 1. The molecule has 1 heterocycles.